The van der Waals surface area contributed by atoms with Crippen LogP contribution in [0.15, 0.2) is 12.4 Å². The molecular weight excluding hydrogens is 258 g/mol. The summed E-state index contributed by atoms with van der Waals surface area (Å²) in [5.41, 5.74) is 0.817. The van der Waals surface area contributed by atoms with E-state index in [0.717, 1.165) is 25.7 Å². The summed E-state index contributed by atoms with van der Waals surface area (Å²) in [4.78, 5) is 30.8. The highest BCUT2D eigenvalue weighted by atomic mass is 16.5. The Morgan fingerprint density at radius 1 is 1.20 bits per heavy atom. The van der Waals surface area contributed by atoms with Crippen molar-refractivity contribution in [1.82, 2.24) is 15.3 Å². The van der Waals surface area contributed by atoms with Gasteiger partial charge in [-0.1, -0.05) is 26.2 Å². The molecule has 0 radical (unpaired) electrons. The highest BCUT2D eigenvalue weighted by Gasteiger charge is 2.11. The molecule has 0 fully saturated rings. The van der Waals surface area contributed by atoms with Crippen LogP contribution in [0.4, 0.5) is 0 Å². The number of carbonyl (C=O) groups excluding carboxylic acids is 2. The second kappa shape index (κ2) is 9.01. The summed E-state index contributed by atoms with van der Waals surface area (Å²) in [5, 5.41) is 2.71. The summed E-state index contributed by atoms with van der Waals surface area (Å²) in [7, 11) is 0. The van der Waals surface area contributed by atoms with Crippen LogP contribution in [0.2, 0.25) is 0 Å². The van der Waals surface area contributed by atoms with Gasteiger partial charge in [0.1, 0.15) is 0 Å². The zero-order chi connectivity index (χ0) is 14.8. The lowest BCUT2D eigenvalue weighted by Gasteiger charge is -2.06. The normalized spacial score (nSPS) is 10.1. The lowest BCUT2D eigenvalue weighted by molar-refractivity contribution is -0.124. The number of aromatic nitrogens is 2. The molecule has 0 saturated carbocycles. The van der Waals surface area contributed by atoms with E-state index in [1.54, 1.807) is 6.92 Å². The van der Waals surface area contributed by atoms with E-state index < -0.39 is 5.97 Å². The van der Waals surface area contributed by atoms with Gasteiger partial charge < -0.3 is 10.1 Å². The van der Waals surface area contributed by atoms with E-state index in [0.29, 0.717) is 12.2 Å². The van der Waals surface area contributed by atoms with Gasteiger partial charge in [0.05, 0.1) is 11.9 Å². The van der Waals surface area contributed by atoms with Crippen molar-refractivity contribution in [3.63, 3.8) is 0 Å². The fourth-order valence-corrected chi connectivity index (χ4v) is 1.53. The minimum absolute atomic E-state index is 0.103. The highest BCUT2D eigenvalue weighted by molar-refractivity contribution is 5.89. The van der Waals surface area contributed by atoms with Gasteiger partial charge in [-0.3, -0.25) is 9.78 Å². The SMILES string of the molecule is CCCCCCNC(=O)COC(=O)c1cnc(C)cn1. The Hall–Kier alpha value is -1.98. The van der Waals surface area contributed by atoms with Crippen LogP contribution in [0.5, 0.6) is 0 Å². The Balaban J connectivity index is 2.20. The first kappa shape index (κ1) is 16.1. The van der Waals surface area contributed by atoms with Gasteiger partial charge in [-0.2, -0.15) is 0 Å². The number of carbonyl (C=O) groups is 2. The number of nitrogens with zero attached hydrogens (tertiary/aromatic N) is 2. The van der Waals surface area contributed by atoms with Crippen LogP contribution in [0.25, 0.3) is 0 Å². The van der Waals surface area contributed by atoms with Gasteiger partial charge in [0.25, 0.3) is 5.91 Å². The average molecular weight is 279 g/mol. The van der Waals surface area contributed by atoms with Crippen molar-refractivity contribution in [1.29, 1.82) is 0 Å². The maximum atomic E-state index is 11.6. The summed E-state index contributed by atoms with van der Waals surface area (Å²) in [5.74, 6) is -0.937. The third-order valence-corrected chi connectivity index (χ3v) is 2.68. The molecule has 20 heavy (non-hydrogen) atoms. The van der Waals surface area contributed by atoms with Gasteiger partial charge in [-0.25, -0.2) is 9.78 Å². The second-order valence-corrected chi connectivity index (χ2v) is 4.53. The number of hydrogen-bond acceptors (Lipinski definition) is 5. The van der Waals surface area contributed by atoms with Crippen LogP contribution >= 0.6 is 0 Å². The minimum atomic E-state index is -0.640. The van der Waals surface area contributed by atoms with Crippen molar-refractivity contribution in [3.05, 3.63) is 23.8 Å². The Bertz CT molecular complexity index is 432. The summed E-state index contributed by atoms with van der Waals surface area (Å²) in [6.45, 7) is 4.23. The maximum absolute atomic E-state index is 11.6. The lowest BCUT2D eigenvalue weighted by Crippen LogP contribution is -2.29. The molecule has 0 aromatic carbocycles. The number of nitrogens with one attached hydrogen (secondary N) is 1. The summed E-state index contributed by atoms with van der Waals surface area (Å²) < 4.78 is 4.85. The molecule has 1 rings (SSSR count). The van der Waals surface area contributed by atoms with Gasteiger partial charge in [0.2, 0.25) is 0 Å². The van der Waals surface area contributed by atoms with E-state index >= 15 is 0 Å². The van der Waals surface area contributed by atoms with Gasteiger partial charge in [0, 0.05) is 12.7 Å². The van der Waals surface area contributed by atoms with Crippen LogP contribution in [-0.4, -0.2) is 35.0 Å². The van der Waals surface area contributed by atoms with E-state index in [4.69, 9.17) is 4.74 Å². The Kier molecular flexibility index (Phi) is 7.24. The molecule has 1 aromatic heterocycles. The number of aryl methyl sites for hydroxylation is 1. The number of rotatable bonds is 8. The first-order chi connectivity index (χ1) is 9.63. The van der Waals surface area contributed by atoms with Crippen LogP contribution in [0.1, 0.15) is 48.8 Å². The van der Waals surface area contributed by atoms with Crippen molar-refractivity contribution in [3.8, 4) is 0 Å². The summed E-state index contributed by atoms with van der Waals surface area (Å²) in [6, 6.07) is 0. The molecule has 1 amide bonds. The van der Waals surface area contributed by atoms with Crippen LogP contribution < -0.4 is 5.32 Å². The van der Waals surface area contributed by atoms with Crippen molar-refractivity contribution in [2.75, 3.05) is 13.2 Å². The summed E-state index contributed by atoms with van der Waals surface area (Å²) in [6.07, 6.45) is 7.16. The smallest absolute Gasteiger partial charge is 0.359 e. The number of amides is 1. The standard InChI is InChI=1S/C14H21N3O3/c1-3-4-5-6-7-15-13(18)10-20-14(19)12-9-16-11(2)8-17-12/h8-9H,3-7,10H2,1-2H3,(H,15,18). The van der Waals surface area contributed by atoms with E-state index in [9.17, 15) is 9.59 Å². The zero-order valence-electron chi connectivity index (χ0n) is 12.0. The van der Waals surface area contributed by atoms with E-state index in [-0.39, 0.29) is 18.2 Å². The van der Waals surface area contributed by atoms with Crippen molar-refractivity contribution < 1.29 is 14.3 Å². The van der Waals surface area contributed by atoms with Crippen molar-refractivity contribution in [2.24, 2.45) is 0 Å². The molecular formula is C14H21N3O3. The number of unbranched alkanes of at least 4 members (excludes halogenated alkanes) is 3. The maximum Gasteiger partial charge on any atom is 0.359 e. The molecule has 0 spiro atoms. The van der Waals surface area contributed by atoms with Crippen molar-refractivity contribution >= 4 is 11.9 Å². The fourth-order valence-electron chi connectivity index (χ4n) is 1.53. The second-order valence-electron chi connectivity index (χ2n) is 4.53. The monoisotopic (exact) mass is 279 g/mol. The topological polar surface area (TPSA) is 81.2 Å². The largest absolute Gasteiger partial charge is 0.451 e. The van der Waals surface area contributed by atoms with E-state index in [1.165, 1.54) is 12.4 Å². The molecule has 6 nitrogen and oxygen atoms in total. The molecule has 1 heterocycles. The van der Waals surface area contributed by atoms with E-state index in [2.05, 4.69) is 22.2 Å². The zero-order valence-corrected chi connectivity index (χ0v) is 12.0. The molecule has 0 unspecified atom stereocenters. The van der Waals surface area contributed by atoms with Crippen LogP contribution in [-0.2, 0) is 9.53 Å². The fraction of sp³-hybridized carbons (Fsp3) is 0.571. The molecule has 0 bridgehead atoms. The van der Waals surface area contributed by atoms with Crippen molar-refractivity contribution in [2.45, 2.75) is 39.5 Å². The molecule has 1 aromatic rings. The molecule has 0 aliphatic carbocycles. The van der Waals surface area contributed by atoms with E-state index in [1.807, 2.05) is 0 Å². The predicted molar refractivity (Wildman–Crippen MR) is 74.2 cm³/mol. The molecule has 0 saturated heterocycles. The van der Waals surface area contributed by atoms with Gasteiger partial charge in [0.15, 0.2) is 12.3 Å². The third-order valence-electron chi connectivity index (χ3n) is 2.68. The van der Waals surface area contributed by atoms with Crippen LogP contribution in [0, 0.1) is 6.92 Å². The Labute approximate surface area is 119 Å². The Morgan fingerprint density at radius 3 is 2.65 bits per heavy atom. The molecule has 1 N–H and O–H groups in total. The summed E-state index contributed by atoms with van der Waals surface area (Å²) >= 11 is 0. The lowest BCUT2D eigenvalue weighted by atomic mass is 10.2. The molecule has 110 valence electrons. The number of ether oxygens (including phenoxy) is 1. The number of esters is 1. The molecule has 0 aliphatic heterocycles. The number of hydrogen-bond donors (Lipinski definition) is 1. The third kappa shape index (κ3) is 6.26. The molecule has 6 heteroatoms. The van der Waals surface area contributed by atoms with Crippen LogP contribution in [0.3, 0.4) is 0 Å². The first-order valence-electron chi connectivity index (χ1n) is 6.86. The predicted octanol–water partition coefficient (Wildman–Crippen LogP) is 1.64. The highest BCUT2D eigenvalue weighted by Crippen LogP contribution is 1.98. The first-order valence-corrected chi connectivity index (χ1v) is 6.86. The van der Waals surface area contributed by atoms with Gasteiger partial charge in [-0.05, 0) is 13.3 Å². The average Bonchev–Trinajstić information content (AvgIpc) is 2.45. The van der Waals surface area contributed by atoms with Gasteiger partial charge in [-0.15, -0.1) is 0 Å². The quantitative estimate of drug-likeness (QED) is 0.578. The minimum Gasteiger partial charge on any atom is -0.451 e. The van der Waals surface area contributed by atoms with Gasteiger partial charge >= 0.3 is 5.97 Å². The Morgan fingerprint density at radius 2 is 2.00 bits per heavy atom. The molecule has 0 aliphatic rings. The molecule has 0 atom stereocenters.